The number of anilines is 2. The summed E-state index contributed by atoms with van der Waals surface area (Å²) < 4.78 is 27.6. The summed E-state index contributed by atoms with van der Waals surface area (Å²) in [6, 6.07) is 9.71. The van der Waals surface area contributed by atoms with Crippen molar-refractivity contribution < 1.29 is 13.3 Å². The van der Waals surface area contributed by atoms with Crippen molar-refractivity contribution in [1.82, 2.24) is 0 Å². The molecule has 0 aromatic heterocycles. The molecule has 0 saturated carbocycles. The molecule has 21 heavy (non-hydrogen) atoms. The molecular weight excluding hydrogens is 362 g/mol. The molecule has 0 aliphatic carbocycles. The summed E-state index contributed by atoms with van der Waals surface area (Å²) in [5.74, 6) is 0. The Bertz CT molecular complexity index is 791. The van der Waals surface area contributed by atoms with Crippen LogP contribution >= 0.6 is 15.9 Å². The Morgan fingerprint density at radius 3 is 2.29 bits per heavy atom. The molecule has 0 amide bonds. The average Bonchev–Trinajstić information content (AvgIpc) is 2.40. The summed E-state index contributed by atoms with van der Waals surface area (Å²) >= 11 is 3.24. The van der Waals surface area contributed by atoms with E-state index < -0.39 is 14.9 Å². The second kappa shape index (κ2) is 5.70. The first kappa shape index (κ1) is 15.3. The van der Waals surface area contributed by atoms with Crippen LogP contribution in [0.1, 0.15) is 0 Å². The zero-order valence-electron chi connectivity index (χ0n) is 10.5. The van der Waals surface area contributed by atoms with Crippen LogP contribution in [0.2, 0.25) is 0 Å². The van der Waals surface area contributed by atoms with Gasteiger partial charge in [0.05, 0.1) is 10.6 Å². The fourth-order valence-corrected chi connectivity index (χ4v) is 3.06. The Morgan fingerprint density at radius 2 is 1.76 bits per heavy atom. The topological polar surface area (TPSA) is 115 Å². The summed E-state index contributed by atoms with van der Waals surface area (Å²) in [6.07, 6.45) is 0. The van der Waals surface area contributed by atoms with E-state index in [2.05, 4.69) is 20.7 Å². The number of nitro benzene ring substituents is 1. The van der Waals surface area contributed by atoms with Crippen molar-refractivity contribution in [3.05, 3.63) is 57.1 Å². The minimum absolute atomic E-state index is 0.186. The highest BCUT2D eigenvalue weighted by Crippen LogP contribution is 2.26. The number of non-ortho nitro benzene ring substituents is 1. The molecule has 0 fully saturated rings. The summed E-state index contributed by atoms with van der Waals surface area (Å²) in [5.41, 5.74) is 5.49. The minimum atomic E-state index is -3.91. The molecule has 2 rings (SSSR count). The molecule has 2 aromatic carbocycles. The van der Waals surface area contributed by atoms with Gasteiger partial charge < -0.3 is 5.73 Å². The third-order valence-electron chi connectivity index (χ3n) is 2.59. The Labute approximate surface area is 129 Å². The van der Waals surface area contributed by atoms with E-state index in [1.165, 1.54) is 0 Å². The van der Waals surface area contributed by atoms with Gasteiger partial charge in [0.15, 0.2) is 0 Å². The van der Waals surface area contributed by atoms with Crippen molar-refractivity contribution in [3.63, 3.8) is 0 Å². The van der Waals surface area contributed by atoms with Crippen LogP contribution < -0.4 is 10.5 Å². The lowest BCUT2D eigenvalue weighted by molar-refractivity contribution is -0.384. The summed E-state index contributed by atoms with van der Waals surface area (Å²) in [6.45, 7) is 0. The number of hydrogen-bond acceptors (Lipinski definition) is 5. The number of hydrogen-bond donors (Lipinski definition) is 2. The van der Waals surface area contributed by atoms with Gasteiger partial charge in [-0.15, -0.1) is 0 Å². The lowest BCUT2D eigenvalue weighted by Gasteiger charge is -2.10. The van der Waals surface area contributed by atoms with Crippen molar-refractivity contribution in [1.29, 1.82) is 0 Å². The molecule has 0 atom stereocenters. The van der Waals surface area contributed by atoms with Gasteiger partial charge in [0.25, 0.3) is 15.7 Å². The van der Waals surface area contributed by atoms with Crippen molar-refractivity contribution in [2.24, 2.45) is 0 Å². The van der Waals surface area contributed by atoms with E-state index >= 15 is 0 Å². The van der Waals surface area contributed by atoms with E-state index in [0.717, 1.165) is 22.7 Å². The maximum atomic E-state index is 12.2. The molecule has 0 saturated heterocycles. The number of nitrogens with zero attached hydrogens (tertiary/aromatic N) is 1. The third-order valence-corrected chi connectivity index (χ3v) is 4.57. The fourth-order valence-electron chi connectivity index (χ4n) is 1.62. The summed E-state index contributed by atoms with van der Waals surface area (Å²) in [7, 11) is -3.91. The SMILES string of the molecule is Nc1cc([N+](=O)[O-])ccc1S(=O)(=O)Nc1ccc(Br)cc1. The van der Waals surface area contributed by atoms with Crippen LogP contribution in [0.3, 0.4) is 0 Å². The monoisotopic (exact) mass is 371 g/mol. The normalized spacial score (nSPS) is 11.1. The molecule has 0 aliphatic rings. The number of nitro groups is 1. The fraction of sp³-hybridized carbons (Fsp3) is 0. The van der Waals surface area contributed by atoms with Crippen molar-refractivity contribution in [3.8, 4) is 0 Å². The van der Waals surface area contributed by atoms with Crippen LogP contribution in [0.4, 0.5) is 17.1 Å². The Kier molecular flexibility index (Phi) is 4.14. The molecule has 3 N–H and O–H groups in total. The predicted octanol–water partition coefficient (Wildman–Crippen LogP) is 2.74. The van der Waals surface area contributed by atoms with Crippen LogP contribution in [0.25, 0.3) is 0 Å². The molecule has 0 aliphatic heterocycles. The first-order valence-corrected chi connectivity index (χ1v) is 7.89. The van der Waals surface area contributed by atoms with E-state index in [-0.39, 0.29) is 16.3 Å². The molecule has 2 aromatic rings. The van der Waals surface area contributed by atoms with Gasteiger partial charge in [-0.05, 0) is 30.3 Å². The van der Waals surface area contributed by atoms with Gasteiger partial charge in [-0.25, -0.2) is 8.42 Å². The lowest BCUT2D eigenvalue weighted by atomic mass is 10.3. The Balaban J connectivity index is 2.35. The second-order valence-corrected chi connectivity index (χ2v) is 6.66. The van der Waals surface area contributed by atoms with Gasteiger partial charge >= 0.3 is 0 Å². The van der Waals surface area contributed by atoms with Crippen LogP contribution in [0.15, 0.2) is 51.8 Å². The van der Waals surface area contributed by atoms with Gasteiger partial charge in [0.2, 0.25) is 0 Å². The predicted molar refractivity (Wildman–Crippen MR) is 82.5 cm³/mol. The first-order chi connectivity index (χ1) is 9.79. The Morgan fingerprint density at radius 1 is 1.14 bits per heavy atom. The third kappa shape index (κ3) is 3.50. The highest BCUT2D eigenvalue weighted by atomic mass is 79.9. The molecule has 7 nitrogen and oxygen atoms in total. The first-order valence-electron chi connectivity index (χ1n) is 5.62. The highest BCUT2D eigenvalue weighted by molar-refractivity contribution is 9.10. The molecule has 9 heteroatoms. The maximum Gasteiger partial charge on any atom is 0.271 e. The number of sulfonamides is 1. The van der Waals surface area contributed by atoms with Crippen LogP contribution in [-0.2, 0) is 10.0 Å². The molecule has 0 unspecified atom stereocenters. The van der Waals surface area contributed by atoms with Crippen molar-refractivity contribution >= 4 is 43.0 Å². The van der Waals surface area contributed by atoms with Gasteiger partial charge in [-0.1, -0.05) is 15.9 Å². The summed E-state index contributed by atoms with van der Waals surface area (Å²) in [4.78, 5) is 9.76. The number of halogens is 1. The van der Waals surface area contributed by atoms with E-state index in [4.69, 9.17) is 5.73 Å². The standard InChI is InChI=1S/C12H10BrN3O4S/c13-8-1-3-9(4-2-8)15-21(19,20)12-6-5-10(16(17)18)7-11(12)14/h1-7,15H,14H2. The Hall–Kier alpha value is -2.13. The molecule has 0 spiro atoms. The number of rotatable bonds is 4. The van der Waals surface area contributed by atoms with Crippen molar-refractivity contribution in [2.75, 3.05) is 10.5 Å². The lowest BCUT2D eigenvalue weighted by Crippen LogP contribution is -2.14. The largest absolute Gasteiger partial charge is 0.397 e. The van der Waals surface area contributed by atoms with Gasteiger partial charge in [0, 0.05) is 22.3 Å². The van der Waals surface area contributed by atoms with E-state index in [0.29, 0.717) is 5.69 Å². The number of nitrogen functional groups attached to an aromatic ring is 1. The molecular formula is C12H10BrN3O4S. The summed E-state index contributed by atoms with van der Waals surface area (Å²) in [5, 5.41) is 10.6. The zero-order valence-corrected chi connectivity index (χ0v) is 12.9. The maximum absolute atomic E-state index is 12.2. The molecule has 0 heterocycles. The number of nitrogens with one attached hydrogen (secondary N) is 1. The van der Waals surface area contributed by atoms with Crippen molar-refractivity contribution in [2.45, 2.75) is 4.90 Å². The average molecular weight is 372 g/mol. The van der Waals surface area contributed by atoms with E-state index in [1.54, 1.807) is 24.3 Å². The zero-order chi connectivity index (χ0) is 15.6. The van der Waals surface area contributed by atoms with Crippen LogP contribution in [0.5, 0.6) is 0 Å². The number of benzene rings is 2. The minimum Gasteiger partial charge on any atom is -0.397 e. The molecule has 0 bridgehead atoms. The quantitative estimate of drug-likeness (QED) is 0.486. The van der Waals surface area contributed by atoms with Crippen LogP contribution in [-0.4, -0.2) is 13.3 Å². The number of nitrogens with two attached hydrogens (primary N) is 1. The molecule has 0 radical (unpaired) electrons. The highest BCUT2D eigenvalue weighted by Gasteiger charge is 2.20. The van der Waals surface area contributed by atoms with Gasteiger partial charge in [-0.3, -0.25) is 14.8 Å². The van der Waals surface area contributed by atoms with E-state index in [1.807, 2.05) is 0 Å². The molecule has 110 valence electrons. The van der Waals surface area contributed by atoms with Crippen LogP contribution in [0, 0.1) is 10.1 Å². The van der Waals surface area contributed by atoms with Gasteiger partial charge in [-0.2, -0.15) is 0 Å². The smallest absolute Gasteiger partial charge is 0.271 e. The van der Waals surface area contributed by atoms with E-state index in [9.17, 15) is 18.5 Å². The van der Waals surface area contributed by atoms with Gasteiger partial charge in [0.1, 0.15) is 4.90 Å². The second-order valence-electron chi connectivity index (χ2n) is 4.09.